The third-order valence-electron chi connectivity index (χ3n) is 1.60. The number of aromatic nitrogens is 4. The molecule has 0 bridgehead atoms. The second-order valence-electron chi connectivity index (χ2n) is 2.45. The van der Waals surface area contributed by atoms with Gasteiger partial charge < -0.3 is 4.98 Å². The lowest BCUT2D eigenvalue weighted by Gasteiger charge is -1.94. The van der Waals surface area contributed by atoms with E-state index in [1.165, 1.54) is 6.33 Å². The number of imidazole rings is 1. The zero-order valence-corrected chi connectivity index (χ0v) is 6.57. The van der Waals surface area contributed by atoms with Crippen LogP contribution in [0.4, 0.5) is 0 Å². The van der Waals surface area contributed by atoms with Crippen molar-refractivity contribution in [3.8, 4) is 11.3 Å². The van der Waals surface area contributed by atoms with Crippen molar-refractivity contribution in [1.29, 1.82) is 0 Å². The van der Waals surface area contributed by atoms with Gasteiger partial charge in [-0.05, 0) is 6.92 Å². The minimum Gasteiger partial charge on any atom is -0.339 e. The molecule has 0 spiro atoms. The maximum atomic E-state index is 4.03. The number of hydrogen-bond acceptors (Lipinski definition) is 3. The first-order valence-electron chi connectivity index (χ1n) is 3.56. The molecule has 1 radical (unpaired) electrons. The number of aromatic amines is 1. The molecule has 2 rings (SSSR count). The second kappa shape index (κ2) is 2.73. The fourth-order valence-corrected chi connectivity index (χ4v) is 1.01. The van der Waals surface area contributed by atoms with Crippen LogP contribution >= 0.6 is 0 Å². The molecule has 4 heteroatoms. The van der Waals surface area contributed by atoms with E-state index in [0.29, 0.717) is 0 Å². The summed E-state index contributed by atoms with van der Waals surface area (Å²) in [7, 11) is 0. The molecule has 4 nitrogen and oxygen atoms in total. The smallest absolute Gasteiger partial charge is 0.174 e. The summed E-state index contributed by atoms with van der Waals surface area (Å²) < 4.78 is 0. The second-order valence-corrected chi connectivity index (χ2v) is 2.45. The molecule has 0 saturated heterocycles. The van der Waals surface area contributed by atoms with Crippen molar-refractivity contribution in [2.24, 2.45) is 0 Å². The van der Waals surface area contributed by atoms with E-state index in [0.717, 1.165) is 17.0 Å². The summed E-state index contributed by atoms with van der Waals surface area (Å²) in [4.78, 5) is 14.7. The highest BCUT2D eigenvalue weighted by Gasteiger charge is 2.03. The third kappa shape index (κ3) is 1.07. The van der Waals surface area contributed by atoms with Gasteiger partial charge in [0.1, 0.15) is 6.33 Å². The van der Waals surface area contributed by atoms with Crippen molar-refractivity contribution < 1.29 is 0 Å². The van der Waals surface area contributed by atoms with Gasteiger partial charge in [0.25, 0.3) is 0 Å². The largest absolute Gasteiger partial charge is 0.339 e. The molecular weight excluding hydrogens is 152 g/mol. The van der Waals surface area contributed by atoms with E-state index >= 15 is 0 Å². The van der Waals surface area contributed by atoms with Gasteiger partial charge >= 0.3 is 0 Å². The lowest BCUT2D eigenvalue weighted by atomic mass is 10.2. The van der Waals surface area contributed by atoms with Crippen LogP contribution in [-0.2, 0) is 0 Å². The molecule has 59 valence electrons. The molecule has 0 aliphatic rings. The summed E-state index contributed by atoms with van der Waals surface area (Å²) in [5.41, 5.74) is 2.74. The maximum absolute atomic E-state index is 4.03. The van der Waals surface area contributed by atoms with Crippen LogP contribution in [0.1, 0.15) is 5.69 Å². The van der Waals surface area contributed by atoms with Crippen LogP contribution in [0.2, 0.25) is 0 Å². The zero-order valence-electron chi connectivity index (χ0n) is 6.57. The Morgan fingerprint density at radius 2 is 2.08 bits per heavy atom. The van der Waals surface area contributed by atoms with Gasteiger partial charge in [-0.1, -0.05) is 0 Å². The first-order valence-corrected chi connectivity index (χ1v) is 3.56. The molecule has 2 aromatic rings. The number of aryl methyl sites for hydroxylation is 1. The first-order chi connectivity index (χ1) is 5.88. The van der Waals surface area contributed by atoms with Crippen LogP contribution in [0.15, 0.2) is 18.7 Å². The molecule has 0 amide bonds. The monoisotopic (exact) mass is 159 g/mol. The van der Waals surface area contributed by atoms with Crippen molar-refractivity contribution in [2.75, 3.05) is 0 Å². The lowest BCUT2D eigenvalue weighted by molar-refractivity contribution is 1.16. The van der Waals surface area contributed by atoms with Gasteiger partial charge in [-0.3, -0.25) is 0 Å². The Morgan fingerprint density at radius 1 is 1.33 bits per heavy atom. The Balaban J connectivity index is 2.51. The highest BCUT2D eigenvalue weighted by atomic mass is 14.9. The molecule has 0 atom stereocenters. The van der Waals surface area contributed by atoms with Crippen LogP contribution in [0.3, 0.4) is 0 Å². The molecule has 0 fully saturated rings. The predicted molar refractivity (Wildman–Crippen MR) is 43.2 cm³/mol. The van der Waals surface area contributed by atoms with Gasteiger partial charge in [-0.2, -0.15) is 0 Å². The summed E-state index contributed by atoms with van der Waals surface area (Å²) in [6.07, 6.45) is 7.61. The number of H-pyrrole nitrogens is 1. The lowest BCUT2D eigenvalue weighted by Crippen LogP contribution is -1.84. The molecule has 0 aliphatic heterocycles. The zero-order chi connectivity index (χ0) is 8.39. The van der Waals surface area contributed by atoms with Crippen LogP contribution in [0.25, 0.3) is 11.3 Å². The molecule has 1 N–H and O–H groups in total. The molecule has 12 heavy (non-hydrogen) atoms. The van der Waals surface area contributed by atoms with Gasteiger partial charge in [0.05, 0.1) is 5.69 Å². The third-order valence-corrected chi connectivity index (χ3v) is 1.60. The van der Waals surface area contributed by atoms with E-state index < -0.39 is 0 Å². The molecule has 0 aliphatic carbocycles. The SMILES string of the molecule is Cc1[nH][c]nc1-c1cncnc1. The number of nitrogens with one attached hydrogen (secondary N) is 1. The fraction of sp³-hybridized carbons (Fsp3) is 0.125. The summed E-state index contributed by atoms with van der Waals surface area (Å²) in [5, 5.41) is 0. The van der Waals surface area contributed by atoms with Crippen molar-refractivity contribution in [3.05, 3.63) is 30.7 Å². The van der Waals surface area contributed by atoms with E-state index in [9.17, 15) is 0 Å². The summed E-state index contributed by atoms with van der Waals surface area (Å²) >= 11 is 0. The van der Waals surface area contributed by atoms with Crippen molar-refractivity contribution in [1.82, 2.24) is 19.9 Å². The number of nitrogens with zero attached hydrogens (tertiary/aromatic N) is 3. The van der Waals surface area contributed by atoms with Crippen molar-refractivity contribution in [3.63, 3.8) is 0 Å². The quantitative estimate of drug-likeness (QED) is 0.674. The topological polar surface area (TPSA) is 54.5 Å². The van der Waals surface area contributed by atoms with Crippen LogP contribution in [0.5, 0.6) is 0 Å². The summed E-state index contributed by atoms with van der Waals surface area (Å²) in [6, 6.07) is 0. The fourth-order valence-electron chi connectivity index (χ4n) is 1.01. The average Bonchev–Trinajstić information content (AvgIpc) is 2.53. The molecular formula is C8H7N4. The number of hydrogen-bond donors (Lipinski definition) is 1. The maximum Gasteiger partial charge on any atom is 0.174 e. The molecule has 2 aromatic heterocycles. The predicted octanol–water partition coefficient (Wildman–Crippen LogP) is 0.975. The van der Waals surface area contributed by atoms with Gasteiger partial charge in [-0.25, -0.2) is 15.0 Å². The van der Waals surface area contributed by atoms with Gasteiger partial charge in [0.15, 0.2) is 6.33 Å². The van der Waals surface area contributed by atoms with E-state index in [4.69, 9.17) is 0 Å². The molecule has 0 aromatic carbocycles. The van der Waals surface area contributed by atoms with E-state index in [2.05, 4.69) is 26.3 Å². The Labute approximate surface area is 69.7 Å². The van der Waals surface area contributed by atoms with Crippen LogP contribution in [0, 0.1) is 13.3 Å². The first kappa shape index (κ1) is 6.97. The highest BCUT2D eigenvalue weighted by Crippen LogP contribution is 2.16. The highest BCUT2D eigenvalue weighted by molar-refractivity contribution is 5.58. The van der Waals surface area contributed by atoms with Gasteiger partial charge in [-0.15, -0.1) is 0 Å². The summed E-state index contributed by atoms with van der Waals surface area (Å²) in [6.45, 7) is 1.94. The Bertz CT molecular complexity index is 366. The van der Waals surface area contributed by atoms with E-state index in [1.54, 1.807) is 12.4 Å². The molecule has 0 saturated carbocycles. The van der Waals surface area contributed by atoms with E-state index in [-0.39, 0.29) is 0 Å². The normalized spacial score (nSPS) is 10.1. The Hall–Kier alpha value is -1.71. The van der Waals surface area contributed by atoms with Crippen molar-refractivity contribution >= 4 is 0 Å². The molecule has 0 unspecified atom stereocenters. The Morgan fingerprint density at radius 3 is 2.67 bits per heavy atom. The van der Waals surface area contributed by atoms with Crippen molar-refractivity contribution in [2.45, 2.75) is 6.92 Å². The summed E-state index contributed by atoms with van der Waals surface area (Å²) in [5.74, 6) is 0. The van der Waals surface area contributed by atoms with Gasteiger partial charge in [0.2, 0.25) is 0 Å². The average molecular weight is 159 g/mol. The number of rotatable bonds is 1. The van der Waals surface area contributed by atoms with Gasteiger partial charge in [0, 0.05) is 23.7 Å². The standard InChI is InChI=1S/C8H7N4/c1-6-8(12-5-11-6)7-2-9-4-10-3-7/h2-4H,1H3,(H,11,12). The van der Waals surface area contributed by atoms with E-state index in [1.807, 2.05) is 6.92 Å². The molecule has 2 heterocycles. The van der Waals surface area contributed by atoms with Crippen LogP contribution < -0.4 is 0 Å². The Kier molecular flexibility index (Phi) is 1.59. The van der Waals surface area contributed by atoms with Crippen LogP contribution in [-0.4, -0.2) is 19.9 Å². The minimum absolute atomic E-state index is 0.857. The minimum atomic E-state index is 0.857.